The van der Waals surface area contributed by atoms with E-state index < -0.39 is 10.0 Å². The van der Waals surface area contributed by atoms with Crippen molar-refractivity contribution in [2.24, 2.45) is 0 Å². The Morgan fingerprint density at radius 1 is 0.933 bits per heavy atom. The maximum Gasteiger partial charge on any atom is 0.305 e. The number of nitrogens with zero attached hydrogens (tertiary/aromatic N) is 2. The number of rotatable bonds is 9. The average Bonchev–Trinajstić information content (AvgIpc) is 2.76. The zero-order chi connectivity index (χ0) is 21.4. The number of ether oxygens (including phenoxy) is 1. The molecular weight excluding hydrogens is 400 g/mol. The molecule has 0 unspecified atom stereocenters. The monoisotopic (exact) mass is 430 g/mol. The van der Waals surface area contributed by atoms with Gasteiger partial charge in [-0.05, 0) is 24.5 Å². The fraction of sp³-hybridized carbons (Fsp3) is 0.435. The molecular formula is C23H30N2O4S. The van der Waals surface area contributed by atoms with Gasteiger partial charge in [0.15, 0.2) is 0 Å². The first-order valence-corrected chi connectivity index (χ1v) is 12.1. The summed E-state index contributed by atoms with van der Waals surface area (Å²) in [6, 6.07) is 20.7. The summed E-state index contributed by atoms with van der Waals surface area (Å²) in [7, 11) is -3.37. The number of hydrogen-bond acceptors (Lipinski definition) is 5. The molecule has 1 heterocycles. The molecule has 162 valence electrons. The number of esters is 1. The molecule has 0 aliphatic carbocycles. The molecule has 1 fully saturated rings. The van der Waals surface area contributed by atoms with E-state index in [0.29, 0.717) is 32.8 Å². The molecule has 1 aliphatic heterocycles. The van der Waals surface area contributed by atoms with Gasteiger partial charge in [0.05, 0.1) is 18.4 Å². The molecule has 0 aromatic heterocycles. The Kier molecular flexibility index (Phi) is 8.01. The Hall–Kier alpha value is -2.22. The third-order valence-electron chi connectivity index (χ3n) is 5.35. The number of piperazine rings is 1. The van der Waals surface area contributed by atoms with E-state index in [2.05, 4.69) is 29.2 Å². The van der Waals surface area contributed by atoms with E-state index in [-0.39, 0.29) is 30.6 Å². The normalized spacial score (nSPS) is 15.9. The Bertz CT molecular complexity index is 856. The van der Waals surface area contributed by atoms with E-state index in [1.807, 2.05) is 36.4 Å². The van der Waals surface area contributed by atoms with Crippen LogP contribution in [0.4, 0.5) is 0 Å². The van der Waals surface area contributed by atoms with Gasteiger partial charge >= 0.3 is 5.97 Å². The van der Waals surface area contributed by atoms with Crippen molar-refractivity contribution < 1.29 is 17.9 Å². The lowest BCUT2D eigenvalue weighted by Crippen LogP contribution is -2.50. The van der Waals surface area contributed by atoms with Gasteiger partial charge in [0.1, 0.15) is 0 Å². The van der Waals surface area contributed by atoms with Gasteiger partial charge in [-0.1, -0.05) is 60.7 Å². The number of carbonyl (C=O) groups excluding carboxylic acids is 1. The van der Waals surface area contributed by atoms with Crippen LogP contribution in [0, 0.1) is 0 Å². The van der Waals surface area contributed by atoms with Gasteiger partial charge in [-0.25, -0.2) is 8.42 Å². The molecule has 2 aromatic carbocycles. The molecule has 1 aliphatic rings. The summed E-state index contributed by atoms with van der Waals surface area (Å²) in [5.41, 5.74) is 2.41. The second-order valence-corrected chi connectivity index (χ2v) is 9.47. The zero-order valence-electron chi connectivity index (χ0n) is 17.4. The smallest absolute Gasteiger partial charge is 0.305 e. The number of sulfonamides is 1. The molecule has 0 N–H and O–H groups in total. The van der Waals surface area contributed by atoms with E-state index >= 15 is 0 Å². The molecule has 0 spiro atoms. The average molecular weight is 431 g/mol. The van der Waals surface area contributed by atoms with Gasteiger partial charge in [-0.15, -0.1) is 0 Å². The summed E-state index contributed by atoms with van der Waals surface area (Å²) in [4.78, 5) is 13.8. The minimum atomic E-state index is -3.37. The molecule has 3 rings (SSSR count). The standard InChI is InChI=1S/C23H30N2O4S/c1-2-29-22(26)14-9-19-30(27,28)25-17-15-24(16-18-25)23(20-10-5-3-6-11-20)21-12-7-4-8-13-21/h3-8,10-13,23H,2,9,14-19H2,1H3. The predicted molar refractivity (Wildman–Crippen MR) is 118 cm³/mol. The van der Waals surface area contributed by atoms with E-state index in [1.54, 1.807) is 11.2 Å². The van der Waals surface area contributed by atoms with Crippen LogP contribution in [0.15, 0.2) is 60.7 Å². The highest BCUT2D eigenvalue weighted by Gasteiger charge is 2.31. The van der Waals surface area contributed by atoms with Gasteiger partial charge in [-0.3, -0.25) is 9.69 Å². The second-order valence-electron chi connectivity index (χ2n) is 7.38. The fourth-order valence-corrected chi connectivity index (χ4v) is 5.37. The van der Waals surface area contributed by atoms with Crippen LogP contribution in [0.1, 0.15) is 36.9 Å². The minimum absolute atomic E-state index is 0.0212. The van der Waals surface area contributed by atoms with E-state index in [4.69, 9.17) is 4.74 Å². The molecule has 30 heavy (non-hydrogen) atoms. The van der Waals surface area contributed by atoms with E-state index in [0.717, 1.165) is 0 Å². The van der Waals surface area contributed by atoms with Gasteiger partial charge in [0.2, 0.25) is 10.0 Å². The predicted octanol–water partition coefficient (Wildman–Crippen LogP) is 3.07. The van der Waals surface area contributed by atoms with E-state index in [1.165, 1.54) is 11.1 Å². The Morgan fingerprint density at radius 3 is 1.97 bits per heavy atom. The van der Waals surface area contributed by atoms with Crippen LogP contribution >= 0.6 is 0 Å². The van der Waals surface area contributed by atoms with Crippen molar-refractivity contribution in [2.75, 3.05) is 38.5 Å². The third kappa shape index (κ3) is 5.90. The van der Waals surface area contributed by atoms with Gasteiger partial charge in [-0.2, -0.15) is 4.31 Å². The topological polar surface area (TPSA) is 66.9 Å². The summed E-state index contributed by atoms with van der Waals surface area (Å²) in [5, 5.41) is 0. The largest absolute Gasteiger partial charge is 0.466 e. The van der Waals surface area contributed by atoms with Crippen LogP contribution in [0.2, 0.25) is 0 Å². The highest BCUT2D eigenvalue weighted by molar-refractivity contribution is 7.89. The summed E-state index contributed by atoms with van der Waals surface area (Å²) in [5.74, 6) is -0.363. The maximum atomic E-state index is 12.7. The van der Waals surface area contributed by atoms with Crippen molar-refractivity contribution in [2.45, 2.75) is 25.8 Å². The Balaban J connectivity index is 1.63. The molecule has 7 heteroatoms. The lowest BCUT2D eigenvalue weighted by Gasteiger charge is -2.39. The first-order valence-electron chi connectivity index (χ1n) is 10.5. The molecule has 1 saturated heterocycles. The van der Waals surface area contributed by atoms with Crippen LogP contribution in [0.25, 0.3) is 0 Å². The number of hydrogen-bond donors (Lipinski definition) is 0. The highest BCUT2D eigenvalue weighted by Crippen LogP contribution is 2.29. The first kappa shape index (κ1) is 22.5. The molecule has 0 saturated carbocycles. The quantitative estimate of drug-likeness (QED) is 0.572. The third-order valence-corrected chi connectivity index (χ3v) is 7.31. The molecule has 0 atom stereocenters. The fourth-order valence-electron chi connectivity index (χ4n) is 3.89. The molecule has 0 radical (unpaired) electrons. The van der Waals surface area contributed by atoms with Crippen LogP contribution in [0.5, 0.6) is 0 Å². The summed E-state index contributed by atoms with van der Waals surface area (Å²) in [6.07, 6.45) is 0.426. The number of benzene rings is 2. The molecule has 0 bridgehead atoms. The zero-order valence-corrected chi connectivity index (χ0v) is 18.3. The SMILES string of the molecule is CCOC(=O)CCCS(=O)(=O)N1CCN(C(c2ccccc2)c2ccccc2)CC1. The van der Waals surface area contributed by atoms with Crippen molar-refractivity contribution in [3.63, 3.8) is 0 Å². The molecule has 6 nitrogen and oxygen atoms in total. The van der Waals surface area contributed by atoms with Crippen LogP contribution < -0.4 is 0 Å². The lowest BCUT2D eigenvalue weighted by molar-refractivity contribution is -0.143. The van der Waals surface area contributed by atoms with Crippen LogP contribution in [0.3, 0.4) is 0 Å². The van der Waals surface area contributed by atoms with Crippen molar-refractivity contribution in [3.05, 3.63) is 71.8 Å². The van der Waals surface area contributed by atoms with Crippen molar-refractivity contribution in [1.82, 2.24) is 9.21 Å². The van der Waals surface area contributed by atoms with Crippen LogP contribution in [-0.4, -0.2) is 62.1 Å². The summed E-state index contributed by atoms with van der Waals surface area (Å²) >= 11 is 0. The molecule has 0 amide bonds. The van der Waals surface area contributed by atoms with Gasteiger partial charge < -0.3 is 4.74 Å². The first-order chi connectivity index (χ1) is 14.5. The van der Waals surface area contributed by atoms with Gasteiger partial charge in [0, 0.05) is 32.6 Å². The second kappa shape index (κ2) is 10.7. The summed E-state index contributed by atoms with van der Waals surface area (Å²) in [6.45, 7) is 4.29. The maximum absolute atomic E-state index is 12.7. The number of carbonyl (C=O) groups is 1. The lowest BCUT2D eigenvalue weighted by atomic mass is 9.96. The van der Waals surface area contributed by atoms with Gasteiger partial charge in [0.25, 0.3) is 0 Å². The van der Waals surface area contributed by atoms with Crippen molar-refractivity contribution in [3.8, 4) is 0 Å². The minimum Gasteiger partial charge on any atom is -0.466 e. The highest BCUT2D eigenvalue weighted by atomic mass is 32.2. The summed E-state index contributed by atoms with van der Waals surface area (Å²) < 4.78 is 31.8. The Labute approximate surface area is 179 Å². The Morgan fingerprint density at radius 2 is 1.47 bits per heavy atom. The van der Waals surface area contributed by atoms with Crippen molar-refractivity contribution in [1.29, 1.82) is 0 Å². The van der Waals surface area contributed by atoms with Crippen LogP contribution in [-0.2, 0) is 19.6 Å². The molecule has 2 aromatic rings. The van der Waals surface area contributed by atoms with Crippen molar-refractivity contribution >= 4 is 16.0 Å². The van der Waals surface area contributed by atoms with E-state index in [9.17, 15) is 13.2 Å².